The Labute approximate surface area is 148 Å². The molecule has 0 saturated carbocycles. The van der Waals surface area contributed by atoms with Crippen molar-refractivity contribution in [3.63, 3.8) is 0 Å². The van der Waals surface area contributed by atoms with E-state index in [4.69, 9.17) is 0 Å². The first-order valence-corrected chi connectivity index (χ1v) is 9.54. The molecule has 2 rings (SSSR count). The van der Waals surface area contributed by atoms with Crippen molar-refractivity contribution in [3.05, 3.63) is 56.8 Å². The molecule has 0 aliphatic heterocycles. The molecule has 0 unspecified atom stereocenters. The van der Waals surface area contributed by atoms with Gasteiger partial charge in [0.2, 0.25) is 5.91 Å². The fourth-order valence-corrected chi connectivity index (χ4v) is 3.71. The molecule has 128 valence electrons. The van der Waals surface area contributed by atoms with E-state index in [0.717, 1.165) is 11.5 Å². The van der Waals surface area contributed by atoms with Gasteiger partial charge in [0.05, 0.1) is 4.92 Å². The SMILES string of the molecule is O=C(CCNc1ccccc1[N+](=O)[O-])NCCSCc1cccs1. The van der Waals surface area contributed by atoms with E-state index in [-0.39, 0.29) is 18.0 Å². The fraction of sp³-hybridized carbons (Fsp3) is 0.312. The minimum absolute atomic E-state index is 0.0166. The van der Waals surface area contributed by atoms with E-state index >= 15 is 0 Å². The van der Waals surface area contributed by atoms with Gasteiger partial charge in [0, 0.05) is 42.0 Å². The summed E-state index contributed by atoms with van der Waals surface area (Å²) >= 11 is 3.52. The van der Waals surface area contributed by atoms with Crippen LogP contribution in [0.1, 0.15) is 11.3 Å². The van der Waals surface area contributed by atoms with Crippen molar-refractivity contribution in [2.24, 2.45) is 0 Å². The summed E-state index contributed by atoms with van der Waals surface area (Å²) in [5.41, 5.74) is 0.449. The zero-order valence-electron chi connectivity index (χ0n) is 13.1. The van der Waals surface area contributed by atoms with Crippen LogP contribution in [-0.4, -0.2) is 29.7 Å². The van der Waals surface area contributed by atoms with Crippen LogP contribution in [0.3, 0.4) is 0 Å². The summed E-state index contributed by atoms with van der Waals surface area (Å²) in [6, 6.07) is 10.5. The number of thioether (sulfide) groups is 1. The van der Waals surface area contributed by atoms with E-state index in [2.05, 4.69) is 22.1 Å². The van der Waals surface area contributed by atoms with Crippen molar-refractivity contribution < 1.29 is 9.72 Å². The average Bonchev–Trinajstić information content (AvgIpc) is 3.08. The monoisotopic (exact) mass is 365 g/mol. The van der Waals surface area contributed by atoms with Crippen LogP contribution in [0.25, 0.3) is 0 Å². The van der Waals surface area contributed by atoms with E-state index in [0.29, 0.717) is 18.8 Å². The van der Waals surface area contributed by atoms with Gasteiger partial charge in [-0.15, -0.1) is 11.3 Å². The molecule has 0 fully saturated rings. The molecule has 1 heterocycles. The van der Waals surface area contributed by atoms with Crippen molar-refractivity contribution in [1.82, 2.24) is 5.32 Å². The lowest BCUT2D eigenvalue weighted by Gasteiger charge is -2.07. The van der Waals surface area contributed by atoms with Crippen molar-refractivity contribution in [2.75, 3.05) is 24.2 Å². The number of nitro benzene ring substituents is 1. The second kappa shape index (κ2) is 9.94. The largest absolute Gasteiger partial charge is 0.379 e. The lowest BCUT2D eigenvalue weighted by molar-refractivity contribution is -0.384. The van der Waals surface area contributed by atoms with Gasteiger partial charge in [0.15, 0.2) is 0 Å². The van der Waals surface area contributed by atoms with E-state index in [1.807, 2.05) is 6.07 Å². The number of rotatable bonds is 10. The molecule has 8 heteroatoms. The number of amides is 1. The van der Waals surface area contributed by atoms with Crippen LogP contribution in [0.15, 0.2) is 41.8 Å². The van der Waals surface area contributed by atoms with Gasteiger partial charge in [0.25, 0.3) is 5.69 Å². The molecule has 0 aliphatic rings. The highest BCUT2D eigenvalue weighted by Crippen LogP contribution is 2.22. The Morgan fingerprint density at radius 3 is 2.79 bits per heavy atom. The van der Waals surface area contributed by atoms with Gasteiger partial charge >= 0.3 is 0 Å². The number of hydrogen-bond acceptors (Lipinski definition) is 6. The maximum atomic E-state index is 11.8. The number of carbonyl (C=O) groups is 1. The number of carbonyl (C=O) groups excluding carboxylic acids is 1. The number of benzene rings is 1. The highest BCUT2D eigenvalue weighted by Gasteiger charge is 2.11. The van der Waals surface area contributed by atoms with Crippen molar-refractivity contribution in [1.29, 1.82) is 0 Å². The first-order chi connectivity index (χ1) is 11.7. The number of anilines is 1. The fourth-order valence-electron chi connectivity index (χ4n) is 2.01. The molecular weight excluding hydrogens is 346 g/mol. The molecular formula is C16H19N3O3S2. The first-order valence-electron chi connectivity index (χ1n) is 7.51. The van der Waals surface area contributed by atoms with Crippen LogP contribution >= 0.6 is 23.1 Å². The molecule has 2 aromatic rings. The predicted octanol–water partition coefficient (Wildman–Crippen LogP) is 3.51. The quantitative estimate of drug-likeness (QED) is 0.382. The Bertz CT molecular complexity index is 662. The van der Waals surface area contributed by atoms with Gasteiger partial charge in [-0.1, -0.05) is 18.2 Å². The topological polar surface area (TPSA) is 84.3 Å². The highest BCUT2D eigenvalue weighted by atomic mass is 32.2. The summed E-state index contributed by atoms with van der Waals surface area (Å²) < 4.78 is 0. The average molecular weight is 365 g/mol. The first kappa shape index (κ1) is 18.3. The number of nitrogens with zero attached hydrogens (tertiary/aromatic N) is 1. The standard InChI is InChI=1S/C16H19N3O3S2/c20-16(18-9-11-23-12-13-4-3-10-24-13)7-8-17-14-5-1-2-6-15(14)19(21)22/h1-6,10,17H,7-9,11-12H2,(H,18,20). The Kier molecular flexibility index (Phi) is 7.57. The molecule has 6 nitrogen and oxygen atoms in total. The number of nitro groups is 1. The smallest absolute Gasteiger partial charge is 0.292 e. The normalized spacial score (nSPS) is 10.3. The molecule has 1 aromatic heterocycles. The Morgan fingerprint density at radius 2 is 2.04 bits per heavy atom. The zero-order chi connectivity index (χ0) is 17.2. The van der Waals surface area contributed by atoms with Crippen molar-refractivity contribution in [2.45, 2.75) is 12.2 Å². The lowest BCUT2D eigenvalue weighted by Crippen LogP contribution is -2.27. The van der Waals surface area contributed by atoms with Crippen molar-refractivity contribution >= 4 is 40.4 Å². The number of thiophene rings is 1. The van der Waals surface area contributed by atoms with Crippen LogP contribution in [0, 0.1) is 10.1 Å². The molecule has 0 aliphatic carbocycles. The van der Waals surface area contributed by atoms with Crippen LogP contribution < -0.4 is 10.6 Å². The Hall–Kier alpha value is -2.06. The van der Waals surface area contributed by atoms with Crippen LogP contribution in [0.2, 0.25) is 0 Å². The molecule has 0 saturated heterocycles. The number of para-hydroxylation sites is 2. The Balaban J connectivity index is 1.59. The lowest BCUT2D eigenvalue weighted by atomic mass is 10.2. The third kappa shape index (κ3) is 6.21. The zero-order valence-corrected chi connectivity index (χ0v) is 14.7. The third-order valence-corrected chi connectivity index (χ3v) is 5.23. The number of hydrogen-bond donors (Lipinski definition) is 2. The summed E-state index contributed by atoms with van der Waals surface area (Å²) in [6.45, 7) is 0.986. The van der Waals surface area contributed by atoms with E-state index in [1.54, 1.807) is 41.3 Å². The minimum Gasteiger partial charge on any atom is -0.379 e. The second-order valence-electron chi connectivity index (χ2n) is 4.93. The van der Waals surface area contributed by atoms with Gasteiger partial charge in [-0.3, -0.25) is 14.9 Å². The maximum Gasteiger partial charge on any atom is 0.292 e. The molecule has 0 atom stereocenters. The molecule has 0 bridgehead atoms. The summed E-state index contributed by atoms with van der Waals surface area (Å²) in [5, 5.41) is 18.7. The number of nitrogens with one attached hydrogen (secondary N) is 2. The van der Waals surface area contributed by atoms with Crippen LogP contribution in [0.4, 0.5) is 11.4 Å². The third-order valence-electron chi connectivity index (χ3n) is 3.16. The van der Waals surface area contributed by atoms with Crippen molar-refractivity contribution in [3.8, 4) is 0 Å². The summed E-state index contributed by atoms with van der Waals surface area (Å²) in [7, 11) is 0. The van der Waals surface area contributed by atoms with Gasteiger partial charge in [-0.05, 0) is 17.5 Å². The van der Waals surface area contributed by atoms with E-state index in [1.165, 1.54) is 10.9 Å². The predicted molar refractivity (Wildman–Crippen MR) is 99.7 cm³/mol. The maximum absolute atomic E-state index is 11.8. The minimum atomic E-state index is -0.437. The summed E-state index contributed by atoms with van der Waals surface area (Å²) in [6.07, 6.45) is 0.279. The molecule has 2 N–H and O–H groups in total. The van der Waals surface area contributed by atoms with E-state index < -0.39 is 4.92 Å². The summed E-state index contributed by atoms with van der Waals surface area (Å²) in [4.78, 5) is 23.5. The van der Waals surface area contributed by atoms with Gasteiger partial charge < -0.3 is 10.6 Å². The van der Waals surface area contributed by atoms with E-state index in [9.17, 15) is 14.9 Å². The highest BCUT2D eigenvalue weighted by molar-refractivity contribution is 7.98. The Morgan fingerprint density at radius 1 is 1.21 bits per heavy atom. The second-order valence-corrected chi connectivity index (χ2v) is 7.07. The van der Waals surface area contributed by atoms with Crippen LogP contribution in [0.5, 0.6) is 0 Å². The van der Waals surface area contributed by atoms with Crippen LogP contribution in [-0.2, 0) is 10.5 Å². The molecule has 0 spiro atoms. The molecule has 0 radical (unpaired) electrons. The van der Waals surface area contributed by atoms with Gasteiger partial charge in [-0.2, -0.15) is 11.8 Å². The molecule has 1 amide bonds. The van der Waals surface area contributed by atoms with Gasteiger partial charge in [-0.25, -0.2) is 0 Å². The molecule has 24 heavy (non-hydrogen) atoms. The molecule has 1 aromatic carbocycles. The van der Waals surface area contributed by atoms with Gasteiger partial charge in [0.1, 0.15) is 5.69 Å². The summed E-state index contributed by atoms with van der Waals surface area (Å²) in [5.74, 6) is 1.77.